The van der Waals surface area contributed by atoms with Crippen LogP contribution in [0.3, 0.4) is 0 Å². The van der Waals surface area contributed by atoms with Crippen molar-refractivity contribution < 1.29 is 14.3 Å². The summed E-state index contributed by atoms with van der Waals surface area (Å²) in [5.74, 6) is 3.22. The van der Waals surface area contributed by atoms with E-state index in [-0.39, 0.29) is 23.6 Å². The molecule has 29 heavy (non-hydrogen) atoms. The number of carbonyl (C=O) groups is 1. The van der Waals surface area contributed by atoms with Gasteiger partial charge in [-0.05, 0) is 85.5 Å². The summed E-state index contributed by atoms with van der Waals surface area (Å²) < 4.78 is 12.2. The second kappa shape index (κ2) is 6.77. The molecule has 0 N–H and O–H groups in total. The quantitative estimate of drug-likeness (QED) is 0.552. The van der Waals surface area contributed by atoms with Crippen molar-refractivity contribution in [1.29, 1.82) is 0 Å². The SMILES string of the molecule is CC1CC2OC(=O)C=C[C@]2(C)[C@@H]2CC[C@]3(C)CC(Oc4ccc(Cl)cc4)C[C@H]3[C@H]12. The molecule has 8 atom stereocenters. The molecule has 3 fully saturated rings. The summed E-state index contributed by atoms with van der Waals surface area (Å²) >= 11 is 6.03. The minimum absolute atomic E-state index is 0.0263. The van der Waals surface area contributed by atoms with Crippen molar-refractivity contribution in [3.8, 4) is 5.75 Å². The van der Waals surface area contributed by atoms with Crippen molar-refractivity contribution in [3.63, 3.8) is 0 Å². The van der Waals surface area contributed by atoms with Crippen molar-refractivity contribution in [2.24, 2.45) is 34.5 Å². The number of ether oxygens (including phenoxy) is 2. The average molecular weight is 415 g/mol. The Labute approximate surface area is 178 Å². The minimum Gasteiger partial charge on any atom is -0.490 e. The van der Waals surface area contributed by atoms with Gasteiger partial charge in [-0.15, -0.1) is 0 Å². The van der Waals surface area contributed by atoms with Crippen LogP contribution in [0.4, 0.5) is 0 Å². The van der Waals surface area contributed by atoms with E-state index in [0.717, 1.165) is 30.0 Å². The number of hydrogen-bond acceptors (Lipinski definition) is 3. The Bertz CT molecular complexity index is 833. The van der Waals surface area contributed by atoms with Gasteiger partial charge in [-0.3, -0.25) is 0 Å². The summed E-state index contributed by atoms with van der Waals surface area (Å²) in [7, 11) is 0. The van der Waals surface area contributed by atoms with Crippen molar-refractivity contribution in [2.45, 2.75) is 65.1 Å². The van der Waals surface area contributed by atoms with Crippen LogP contribution >= 0.6 is 11.6 Å². The van der Waals surface area contributed by atoms with Gasteiger partial charge in [-0.1, -0.05) is 38.4 Å². The Morgan fingerprint density at radius 2 is 1.90 bits per heavy atom. The molecule has 156 valence electrons. The smallest absolute Gasteiger partial charge is 0.330 e. The van der Waals surface area contributed by atoms with E-state index in [1.165, 1.54) is 12.8 Å². The third-order valence-electron chi connectivity index (χ3n) is 8.75. The third-order valence-corrected chi connectivity index (χ3v) is 9.00. The maximum atomic E-state index is 11.9. The van der Waals surface area contributed by atoms with Gasteiger partial charge in [-0.2, -0.15) is 0 Å². The van der Waals surface area contributed by atoms with Crippen LogP contribution in [0.5, 0.6) is 5.75 Å². The first-order chi connectivity index (χ1) is 13.8. The zero-order chi connectivity index (χ0) is 20.4. The lowest BCUT2D eigenvalue weighted by atomic mass is 9.47. The maximum absolute atomic E-state index is 11.9. The zero-order valence-electron chi connectivity index (χ0n) is 17.6. The first kappa shape index (κ1) is 19.5. The molecule has 4 aliphatic rings. The van der Waals surface area contributed by atoms with Gasteiger partial charge in [-0.25, -0.2) is 4.79 Å². The monoisotopic (exact) mass is 414 g/mol. The van der Waals surface area contributed by atoms with Crippen LogP contribution in [-0.2, 0) is 9.53 Å². The minimum atomic E-state index is -0.170. The van der Waals surface area contributed by atoms with Crippen LogP contribution in [-0.4, -0.2) is 18.2 Å². The Balaban J connectivity index is 1.40. The topological polar surface area (TPSA) is 35.5 Å². The molecule has 0 radical (unpaired) electrons. The van der Waals surface area contributed by atoms with E-state index in [1.54, 1.807) is 6.08 Å². The lowest BCUT2D eigenvalue weighted by Crippen LogP contribution is -2.57. The molecule has 0 amide bonds. The molecule has 1 heterocycles. The van der Waals surface area contributed by atoms with E-state index in [0.29, 0.717) is 29.1 Å². The Morgan fingerprint density at radius 3 is 2.66 bits per heavy atom. The number of halogens is 1. The standard InChI is InChI=1S/C25H31ClO3/c1-15-12-21-25(3,11-9-22(27)29-21)19-8-10-24(2)14-18(13-20(24)23(15)19)28-17-6-4-16(26)5-7-17/h4-7,9,11,15,18-21,23H,8,10,12-14H2,1-3H3/t15?,18?,19-,20+,21?,23-,24-,25-/m1/s1. The molecule has 3 aliphatic carbocycles. The van der Waals surface area contributed by atoms with Gasteiger partial charge >= 0.3 is 5.97 Å². The van der Waals surface area contributed by atoms with Crippen LogP contribution in [0.2, 0.25) is 5.02 Å². The van der Waals surface area contributed by atoms with Crippen molar-refractivity contribution >= 4 is 17.6 Å². The fourth-order valence-corrected chi connectivity index (χ4v) is 7.45. The highest BCUT2D eigenvalue weighted by Crippen LogP contribution is 2.65. The molecule has 0 bridgehead atoms. The molecule has 1 aliphatic heterocycles. The molecule has 5 rings (SSSR count). The highest BCUT2D eigenvalue weighted by atomic mass is 35.5. The van der Waals surface area contributed by atoms with E-state index in [9.17, 15) is 4.79 Å². The normalized spacial score (nSPS) is 45.7. The molecule has 0 spiro atoms. The Hall–Kier alpha value is -1.48. The van der Waals surface area contributed by atoms with Crippen molar-refractivity contribution in [1.82, 2.24) is 0 Å². The van der Waals surface area contributed by atoms with Gasteiger partial charge in [0.1, 0.15) is 11.9 Å². The lowest BCUT2D eigenvalue weighted by Gasteiger charge is -2.59. The first-order valence-corrected chi connectivity index (χ1v) is 11.5. The van der Waals surface area contributed by atoms with Gasteiger partial charge in [0.05, 0.1) is 6.10 Å². The van der Waals surface area contributed by atoms with Crippen LogP contribution in [0, 0.1) is 34.5 Å². The largest absolute Gasteiger partial charge is 0.490 e. The predicted molar refractivity (Wildman–Crippen MR) is 114 cm³/mol. The van der Waals surface area contributed by atoms with Crippen LogP contribution in [0.1, 0.15) is 52.9 Å². The van der Waals surface area contributed by atoms with Gasteiger partial charge in [0.25, 0.3) is 0 Å². The molecular weight excluding hydrogens is 384 g/mol. The zero-order valence-corrected chi connectivity index (χ0v) is 18.3. The molecule has 3 saturated carbocycles. The van der Waals surface area contributed by atoms with Gasteiger partial charge in [0.15, 0.2) is 0 Å². The summed E-state index contributed by atoms with van der Waals surface area (Å²) in [5, 5.41) is 0.743. The van der Waals surface area contributed by atoms with E-state index in [2.05, 4.69) is 26.8 Å². The van der Waals surface area contributed by atoms with Crippen LogP contribution in [0.15, 0.2) is 36.4 Å². The van der Waals surface area contributed by atoms with Gasteiger partial charge < -0.3 is 9.47 Å². The van der Waals surface area contributed by atoms with Crippen molar-refractivity contribution in [2.75, 3.05) is 0 Å². The van der Waals surface area contributed by atoms with E-state index >= 15 is 0 Å². The molecule has 1 aromatic rings. The highest BCUT2D eigenvalue weighted by molar-refractivity contribution is 6.30. The molecule has 3 nitrogen and oxygen atoms in total. The molecular formula is C25H31ClO3. The average Bonchev–Trinajstić information content (AvgIpc) is 3.01. The summed E-state index contributed by atoms with van der Waals surface area (Å²) in [5.41, 5.74) is 0.312. The number of fused-ring (bicyclic) bond motifs is 5. The second-order valence-corrected chi connectivity index (χ2v) is 10.9. The fourth-order valence-electron chi connectivity index (χ4n) is 7.32. The number of benzene rings is 1. The number of esters is 1. The third kappa shape index (κ3) is 3.12. The summed E-state index contributed by atoms with van der Waals surface area (Å²) in [4.78, 5) is 11.9. The highest BCUT2D eigenvalue weighted by Gasteiger charge is 2.61. The second-order valence-electron chi connectivity index (χ2n) is 10.5. The molecule has 0 aromatic heterocycles. The number of rotatable bonds is 2. The molecule has 1 aromatic carbocycles. The summed E-state index contributed by atoms with van der Waals surface area (Å²) in [6.45, 7) is 7.18. The van der Waals surface area contributed by atoms with Crippen molar-refractivity contribution in [3.05, 3.63) is 41.4 Å². The molecule has 3 unspecified atom stereocenters. The van der Waals surface area contributed by atoms with E-state index < -0.39 is 0 Å². The van der Waals surface area contributed by atoms with Gasteiger partial charge in [0, 0.05) is 16.5 Å². The van der Waals surface area contributed by atoms with E-state index in [1.807, 2.05) is 24.3 Å². The number of carbonyl (C=O) groups excluding carboxylic acids is 1. The Morgan fingerprint density at radius 1 is 1.14 bits per heavy atom. The van der Waals surface area contributed by atoms with Gasteiger partial charge in [0.2, 0.25) is 0 Å². The van der Waals surface area contributed by atoms with Crippen LogP contribution < -0.4 is 4.74 Å². The summed E-state index contributed by atoms with van der Waals surface area (Å²) in [6, 6.07) is 7.76. The Kier molecular flexibility index (Phi) is 4.55. The predicted octanol–water partition coefficient (Wildman–Crippen LogP) is 6.06. The maximum Gasteiger partial charge on any atom is 0.330 e. The fraction of sp³-hybridized carbons (Fsp3) is 0.640. The number of hydrogen-bond donors (Lipinski definition) is 0. The van der Waals surface area contributed by atoms with Crippen LogP contribution in [0.25, 0.3) is 0 Å². The first-order valence-electron chi connectivity index (χ1n) is 11.1. The molecule has 4 heteroatoms. The lowest BCUT2D eigenvalue weighted by molar-refractivity contribution is -0.173. The summed E-state index contributed by atoms with van der Waals surface area (Å²) in [6.07, 6.45) is 9.80. The molecule has 0 saturated heterocycles. The van der Waals surface area contributed by atoms with E-state index in [4.69, 9.17) is 21.1 Å².